The predicted octanol–water partition coefficient (Wildman–Crippen LogP) is 5.46. The van der Waals surface area contributed by atoms with Gasteiger partial charge in [0.1, 0.15) is 24.8 Å². The summed E-state index contributed by atoms with van der Waals surface area (Å²) in [7, 11) is 0. The summed E-state index contributed by atoms with van der Waals surface area (Å²) in [4.78, 5) is 10.6. The molecule has 4 heteroatoms. The van der Waals surface area contributed by atoms with Gasteiger partial charge in [-0.3, -0.25) is 0 Å². The molecule has 0 bridgehead atoms. The van der Waals surface area contributed by atoms with E-state index in [-0.39, 0.29) is 18.3 Å². The molecular formula is C20H25FO3. The van der Waals surface area contributed by atoms with Crippen molar-refractivity contribution in [1.82, 2.24) is 0 Å². The third-order valence-corrected chi connectivity index (χ3v) is 3.71. The van der Waals surface area contributed by atoms with Gasteiger partial charge in [-0.15, -0.1) is 0 Å². The number of hydrogen-bond acceptors (Lipinski definition) is 3. The summed E-state index contributed by atoms with van der Waals surface area (Å²) in [5.74, 6) is 1.61. The van der Waals surface area contributed by atoms with E-state index in [0.29, 0.717) is 23.8 Å². The van der Waals surface area contributed by atoms with Crippen LogP contribution in [0.3, 0.4) is 0 Å². The Morgan fingerprint density at radius 2 is 1.58 bits per heavy atom. The Balaban J connectivity index is 1.81. The number of halogens is 1. The standard InChI is InChI=1S/C20H25FO3/c1-14(2)17-7-5-6-8-20(17)24-23-12-11-22-16-9-10-19(21)18(13-16)15(3)4/h5-10,13-15H,11-12H2,1-4H3. The highest BCUT2D eigenvalue weighted by atomic mass is 19.1. The summed E-state index contributed by atoms with van der Waals surface area (Å²) in [6, 6.07) is 12.6. The summed E-state index contributed by atoms with van der Waals surface area (Å²) < 4.78 is 19.2. The molecule has 2 rings (SSSR count). The first kappa shape index (κ1) is 18.3. The van der Waals surface area contributed by atoms with E-state index in [2.05, 4.69) is 13.8 Å². The number of para-hydroxylation sites is 1. The second kappa shape index (κ2) is 8.69. The lowest BCUT2D eigenvalue weighted by atomic mass is 10.0. The quantitative estimate of drug-likeness (QED) is 0.365. The first-order valence-corrected chi connectivity index (χ1v) is 8.29. The minimum atomic E-state index is -0.206. The highest BCUT2D eigenvalue weighted by molar-refractivity contribution is 5.35. The van der Waals surface area contributed by atoms with Crippen LogP contribution in [0.15, 0.2) is 42.5 Å². The van der Waals surface area contributed by atoms with Crippen LogP contribution in [0.4, 0.5) is 4.39 Å². The lowest BCUT2D eigenvalue weighted by Gasteiger charge is -2.13. The van der Waals surface area contributed by atoms with Crippen molar-refractivity contribution < 1.29 is 18.9 Å². The van der Waals surface area contributed by atoms with Crippen molar-refractivity contribution >= 4 is 0 Å². The van der Waals surface area contributed by atoms with E-state index in [9.17, 15) is 4.39 Å². The third kappa shape index (κ3) is 4.96. The number of rotatable bonds is 8. The summed E-state index contributed by atoms with van der Waals surface area (Å²) >= 11 is 0. The molecule has 0 saturated heterocycles. The Hall–Kier alpha value is -2.07. The van der Waals surface area contributed by atoms with E-state index in [1.54, 1.807) is 12.1 Å². The Morgan fingerprint density at radius 1 is 0.875 bits per heavy atom. The lowest BCUT2D eigenvalue weighted by Crippen LogP contribution is -2.10. The second-order valence-electron chi connectivity index (χ2n) is 6.28. The van der Waals surface area contributed by atoms with Crippen LogP contribution in [-0.2, 0) is 4.89 Å². The van der Waals surface area contributed by atoms with Gasteiger partial charge in [-0.2, -0.15) is 4.89 Å². The molecule has 24 heavy (non-hydrogen) atoms. The van der Waals surface area contributed by atoms with E-state index in [1.807, 2.05) is 38.1 Å². The first-order valence-electron chi connectivity index (χ1n) is 8.29. The van der Waals surface area contributed by atoms with Gasteiger partial charge in [0.05, 0.1) is 0 Å². The average Bonchev–Trinajstić information content (AvgIpc) is 2.56. The van der Waals surface area contributed by atoms with Gasteiger partial charge in [0, 0.05) is 5.56 Å². The van der Waals surface area contributed by atoms with Crippen LogP contribution >= 0.6 is 0 Å². The van der Waals surface area contributed by atoms with E-state index < -0.39 is 0 Å². The molecule has 2 aromatic carbocycles. The monoisotopic (exact) mass is 332 g/mol. The maximum atomic E-state index is 13.7. The number of ether oxygens (including phenoxy) is 1. The van der Waals surface area contributed by atoms with Crippen LogP contribution in [-0.4, -0.2) is 13.2 Å². The van der Waals surface area contributed by atoms with Gasteiger partial charge in [-0.05, 0) is 41.7 Å². The third-order valence-electron chi connectivity index (χ3n) is 3.71. The molecule has 0 radical (unpaired) electrons. The van der Waals surface area contributed by atoms with E-state index in [4.69, 9.17) is 14.5 Å². The van der Waals surface area contributed by atoms with Crippen molar-refractivity contribution in [3.05, 3.63) is 59.4 Å². The van der Waals surface area contributed by atoms with Crippen molar-refractivity contribution in [2.45, 2.75) is 39.5 Å². The maximum absolute atomic E-state index is 13.7. The normalized spacial score (nSPS) is 11.1. The molecule has 0 unspecified atom stereocenters. The van der Waals surface area contributed by atoms with Gasteiger partial charge in [0.25, 0.3) is 0 Å². The molecule has 2 aromatic rings. The minimum absolute atomic E-state index is 0.112. The van der Waals surface area contributed by atoms with Crippen LogP contribution in [0.1, 0.15) is 50.7 Å². The van der Waals surface area contributed by atoms with Gasteiger partial charge in [0.2, 0.25) is 0 Å². The second-order valence-corrected chi connectivity index (χ2v) is 6.28. The van der Waals surface area contributed by atoms with Gasteiger partial charge in [-0.25, -0.2) is 4.39 Å². The molecular weight excluding hydrogens is 307 g/mol. The Labute approximate surface area is 143 Å². The Kier molecular flexibility index (Phi) is 6.62. The molecule has 130 valence electrons. The number of hydrogen-bond donors (Lipinski definition) is 0. The van der Waals surface area contributed by atoms with Crippen LogP contribution in [0.5, 0.6) is 11.5 Å². The van der Waals surface area contributed by atoms with Gasteiger partial charge >= 0.3 is 0 Å². The van der Waals surface area contributed by atoms with E-state index in [0.717, 1.165) is 11.3 Å². The summed E-state index contributed by atoms with van der Waals surface area (Å²) in [6.45, 7) is 8.71. The average molecular weight is 332 g/mol. The van der Waals surface area contributed by atoms with Gasteiger partial charge < -0.3 is 9.62 Å². The fourth-order valence-corrected chi connectivity index (χ4v) is 2.39. The Morgan fingerprint density at radius 3 is 2.29 bits per heavy atom. The summed E-state index contributed by atoms with van der Waals surface area (Å²) in [5.41, 5.74) is 1.74. The van der Waals surface area contributed by atoms with Crippen molar-refractivity contribution in [2.24, 2.45) is 0 Å². The molecule has 0 aliphatic heterocycles. The molecule has 0 atom stereocenters. The van der Waals surface area contributed by atoms with Crippen LogP contribution in [0.25, 0.3) is 0 Å². The zero-order chi connectivity index (χ0) is 17.5. The number of benzene rings is 2. The van der Waals surface area contributed by atoms with Crippen molar-refractivity contribution in [1.29, 1.82) is 0 Å². The molecule has 3 nitrogen and oxygen atoms in total. The molecule has 0 fully saturated rings. The van der Waals surface area contributed by atoms with Crippen LogP contribution in [0, 0.1) is 5.82 Å². The van der Waals surface area contributed by atoms with E-state index in [1.165, 1.54) is 6.07 Å². The highest BCUT2D eigenvalue weighted by Crippen LogP contribution is 2.26. The van der Waals surface area contributed by atoms with Crippen molar-refractivity contribution in [3.63, 3.8) is 0 Å². The summed E-state index contributed by atoms with van der Waals surface area (Å²) in [5, 5.41) is 0. The van der Waals surface area contributed by atoms with Gasteiger partial charge in [-0.1, -0.05) is 45.9 Å². The fourth-order valence-electron chi connectivity index (χ4n) is 2.39. The Bertz CT molecular complexity index is 653. The zero-order valence-electron chi connectivity index (χ0n) is 14.7. The van der Waals surface area contributed by atoms with Crippen molar-refractivity contribution in [3.8, 4) is 11.5 Å². The molecule has 0 aromatic heterocycles. The first-order chi connectivity index (χ1) is 11.5. The van der Waals surface area contributed by atoms with Crippen LogP contribution in [0.2, 0.25) is 0 Å². The molecule has 0 aliphatic rings. The maximum Gasteiger partial charge on any atom is 0.168 e. The largest absolute Gasteiger partial charge is 0.491 e. The smallest absolute Gasteiger partial charge is 0.168 e. The minimum Gasteiger partial charge on any atom is -0.491 e. The molecule has 0 saturated carbocycles. The molecule has 0 N–H and O–H groups in total. The van der Waals surface area contributed by atoms with Crippen molar-refractivity contribution in [2.75, 3.05) is 13.2 Å². The molecule has 0 amide bonds. The highest BCUT2D eigenvalue weighted by Gasteiger charge is 2.09. The van der Waals surface area contributed by atoms with E-state index >= 15 is 0 Å². The SMILES string of the molecule is CC(C)c1cc(OCCOOc2ccccc2C(C)C)ccc1F. The van der Waals surface area contributed by atoms with Crippen LogP contribution < -0.4 is 9.62 Å². The molecule has 0 spiro atoms. The fraction of sp³-hybridized carbons (Fsp3) is 0.400. The lowest BCUT2D eigenvalue weighted by molar-refractivity contribution is -0.211. The molecule has 0 heterocycles. The van der Waals surface area contributed by atoms with Gasteiger partial charge in [0.15, 0.2) is 5.75 Å². The molecule has 0 aliphatic carbocycles. The zero-order valence-corrected chi connectivity index (χ0v) is 14.7. The predicted molar refractivity (Wildman–Crippen MR) is 93.1 cm³/mol. The summed E-state index contributed by atoms with van der Waals surface area (Å²) in [6.07, 6.45) is 0. The topological polar surface area (TPSA) is 27.7 Å².